The molecular formula is C25H40O2. The fourth-order valence-corrected chi connectivity index (χ4v) is 5.01. The molecule has 1 aliphatic heterocycles. The van der Waals surface area contributed by atoms with Gasteiger partial charge in [-0.05, 0) is 55.4 Å². The van der Waals surface area contributed by atoms with E-state index in [1.165, 1.54) is 75.3 Å². The second kappa shape index (κ2) is 10.1. The molecule has 27 heavy (non-hydrogen) atoms. The quantitative estimate of drug-likeness (QED) is 0.443. The summed E-state index contributed by atoms with van der Waals surface area (Å²) >= 11 is 0. The van der Waals surface area contributed by atoms with Crippen LogP contribution >= 0.6 is 0 Å². The maximum Gasteiger partial charge on any atom is 0.183 e. The summed E-state index contributed by atoms with van der Waals surface area (Å²) in [4.78, 5) is 0. The molecule has 0 amide bonds. The Kier molecular flexibility index (Phi) is 7.78. The maximum absolute atomic E-state index is 6.02. The summed E-state index contributed by atoms with van der Waals surface area (Å²) in [5, 5.41) is 0. The van der Waals surface area contributed by atoms with Crippen LogP contribution in [0.2, 0.25) is 0 Å². The zero-order valence-corrected chi connectivity index (χ0v) is 17.8. The van der Waals surface area contributed by atoms with Crippen LogP contribution in [0.4, 0.5) is 0 Å². The van der Waals surface area contributed by atoms with Gasteiger partial charge in [0.05, 0.1) is 13.2 Å². The predicted molar refractivity (Wildman–Crippen MR) is 113 cm³/mol. The van der Waals surface area contributed by atoms with Gasteiger partial charge in [0.25, 0.3) is 0 Å². The summed E-state index contributed by atoms with van der Waals surface area (Å²) in [6.07, 6.45) is 13.1. The summed E-state index contributed by atoms with van der Waals surface area (Å²) in [5.41, 5.74) is 3.27. The van der Waals surface area contributed by atoms with Crippen molar-refractivity contribution in [2.24, 2.45) is 11.3 Å². The molecule has 152 valence electrons. The highest BCUT2D eigenvalue weighted by Crippen LogP contribution is 2.45. The van der Waals surface area contributed by atoms with Gasteiger partial charge < -0.3 is 9.47 Å². The number of hydrogen-bond donors (Lipinski definition) is 0. The van der Waals surface area contributed by atoms with Gasteiger partial charge in [0.1, 0.15) is 0 Å². The molecule has 3 rings (SSSR count). The van der Waals surface area contributed by atoms with Crippen LogP contribution in [-0.2, 0) is 9.47 Å². The van der Waals surface area contributed by atoms with E-state index in [2.05, 4.69) is 45.0 Å². The number of unbranched alkanes of at least 4 members (excludes halogenated alkanes) is 2. The first-order valence-corrected chi connectivity index (χ1v) is 11.5. The van der Waals surface area contributed by atoms with E-state index in [0.29, 0.717) is 11.3 Å². The third-order valence-corrected chi connectivity index (χ3v) is 6.91. The van der Waals surface area contributed by atoms with Crippen molar-refractivity contribution in [3.8, 4) is 0 Å². The molecule has 2 heteroatoms. The maximum atomic E-state index is 6.02. The predicted octanol–water partition coefficient (Wildman–Crippen LogP) is 7.39. The normalized spacial score (nSPS) is 31.7. The lowest BCUT2D eigenvalue weighted by molar-refractivity contribution is -0.206. The highest BCUT2D eigenvalue weighted by molar-refractivity contribution is 5.26. The molecule has 0 unspecified atom stereocenters. The molecule has 2 nitrogen and oxygen atoms in total. The first kappa shape index (κ1) is 20.9. The van der Waals surface area contributed by atoms with Crippen molar-refractivity contribution in [1.82, 2.24) is 0 Å². The average molecular weight is 373 g/mol. The van der Waals surface area contributed by atoms with E-state index in [-0.39, 0.29) is 6.29 Å². The Morgan fingerprint density at radius 2 is 1.52 bits per heavy atom. The summed E-state index contributed by atoms with van der Waals surface area (Å²) in [6.45, 7) is 8.75. The van der Waals surface area contributed by atoms with Crippen LogP contribution in [0.1, 0.15) is 108 Å². The van der Waals surface area contributed by atoms with Crippen molar-refractivity contribution >= 4 is 0 Å². The van der Waals surface area contributed by atoms with Crippen molar-refractivity contribution in [1.29, 1.82) is 0 Å². The van der Waals surface area contributed by atoms with Crippen molar-refractivity contribution in [3.05, 3.63) is 35.4 Å². The van der Waals surface area contributed by atoms with Gasteiger partial charge in [-0.15, -0.1) is 0 Å². The molecule has 0 spiro atoms. The van der Waals surface area contributed by atoms with Crippen molar-refractivity contribution in [2.75, 3.05) is 13.2 Å². The molecule has 0 radical (unpaired) electrons. The zero-order chi connectivity index (χ0) is 19.1. The van der Waals surface area contributed by atoms with Crippen LogP contribution in [0.3, 0.4) is 0 Å². The standard InChI is InChI=1S/C25H40O2/c1-4-6-7-8-20-18-26-24(27-19-20)23-11-9-21(10-12-23)22-13-16-25(3,15-5-2)17-14-22/h9-12,20,22,24H,4-8,13-19H2,1-3H3. The average Bonchev–Trinajstić information content (AvgIpc) is 2.70. The Labute approximate surface area is 167 Å². The van der Waals surface area contributed by atoms with Gasteiger partial charge in [-0.25, -0.2) is 0 Å². The van der Waals surface area contributed by atoms with E-state index in [1.54, 1.807) is 0 Å². The second-order valence-corrected chi connectivity index (χ2v) is 9.36. The van der Waals surface area contributed by atoms with Gasteiger partial charge in [0.15, 0.2) is 6.29 Å². The third-order valence-electron chi connectivity index (χ3n) is 6.91. The van der Waals surface area contributed by atoms with E-state index in [9.17, 15) is 0 Å². The molecule has 1 heterocycles. The molecule has 0 bridgehead atoms. The Balaban J connectivity index is 1.47. The van der Waals surface area contributed by atoms with Crippen LogP contribution in [0.25, 0.3) is 0 Å². The van der Waals surface area contributed by atoms with Crippen LogP contribution in [0.15, 0.2) is 24.3 Å². The fourth-order valence-electron chi connectivity index (χ4n) is 5.01. The van der Waals surface area contributed by atoms with Gasteiger partial charge in [0, 0.05) is 11.5 Å². The van der Waals surface area contributed by atoms with Crippen LogP contribution < -0.4 is 0 Å². The van der Waals surface area contributed by atoms with Crippen molar-refractivity contribution < 1.29 is 9.47 Å². The minimum absolute atomic E-state index is 0.166. The second-order valence-electron chi connectivity index (χ2n) is 9.36. The molecular weight excluding hydrogens is 332 g/mol. The minimum atomic E-state index is -0.166. The molecule has 0 atom stereocenters. The number of rotatable bonds is 8. The summed E-state index contributed by atoms with van der Waals surface area (Å²) in [7, 11) is 0. The first-order chi connectivity index (χ1) is 13.1. The Bertz CT molecular complexity index is 534. The topological polar surface area (TPSA) is 18.5 Å². The number of benzene rings is 1. The van der Waals surface area contributed by atoms with Crippen LogP contribution in [0, 0.1) is 11.3 Å². The van der Waals surface area contributed by atoms with Gasteiger partial charge >= 0.3 is 0 Å². The molecule has 1 aromatic rings. The molecule has 1 saturated carbocycles. The molecule has 0 aromatic heterocycles. The first-order valence-electron chi connectivity index (χ1n) is 11.5. The molecule has 2 aliphatic rings. The van der Waals surface area contributed by atoms with Crippen molar-refractivity contribution in [3.63, 3.8) is 0 Å². The fraction of sp³-hybridized carbons (Fsp3) is 0.760. The summed E-state index contributed by atoms with van der Waals surface area (Å²) in [5.74, 6) is 1.31. The Morgan fingerprint density at radius 1 is 0.889 bits per heavy atom. The van der Waals surface area contributed by atoms with E-state index < -0.39 is 0 Å². The highest BCUT2D eigenvalue weighted by atomic mass is 16.7. The number of hydrogen-bond acceptors (Lipinski definition) is 2. The van der Waals surface area contributed by atoms with E-state index >= 15 is 0 Å². The van der Waals surface area contributed by atoms with Gasteiger partial charge in [-0.2, -0.15) is 0 Å². The minimum Gasteiger partial charge on any atom is -0.348 e. The van der Waals surface area contributed by atoms with E-state index in [4.69, 9.17) is 9.47 Å². The zero-order valence-electron chi connectivity index (χ0n) is 17.8. The van der Waals surface area contributed by atoms with E-state index in [0.717, 1.165) is 19.1 Å². The van der Waals surface area contributed by atoms with Crippen molar-refractivity contribution in [2.45, 2.75) is 97.2 Å². The Hall–Kier alpha value is -0.860. The molecule has 1 aliphatic carbocycles. The smallest absolute Gasteiger partial charge is 0.183 e. The Morgan fingerprint density at radius 3 is 2.11 bits per heavy atom. The monoisotopic (exact) mass is 372 g/mol. The summed E-state index contributed by atoms with van der Waals surface area (Å²) < 4.78 is 12.0. The SMILES string of the molecule is CCCCCC1COC(c2ccc(C3CCC(C)(CCC)CC3)cc2)OC1. The largest absolute Gasteiger partial charge is 0.348 e. The molecule has 2 fully saturated rings. The highest BCUT2D eigenvalue weighted by Gasteiger charge is 2.31. The lowest BCUT2D eigenvalue weighted by atomic mass is 9.68. The molecule has 1 aromatic carbocycles. The molecule has 0 N–H and O–H groups in total. The third kappa shape index (κ3) is 5.81. The van der Waals surface area contributed by atoms with Gasteiger partial charge in [-0.3, -0.25) is 0 Å². The number of ether oxygens (including phenoxy) is 2. The van der Waals surface area contributed by atoms with Gasteiger partial charge in [-0.1, -0.05) is 70.7 Å². The summed E-state index contributed by atoms with van der Waals surface area (Å²) in [6, 6.07) is 9.11. The lowest BCUT2D eigenvalue weighted by Crippen LogP contribution is -2.27. The van der Waals surface area contributed by atoms with Gasteiger partial charge in [0.2, 0.25) is 0 Å². The molecule has 1 saturated heterocycles. The van der Waals surface area contributed by atoms with Crippen LogP contribution in [0.5, 0.6) is 0 Å². The lowest BCUT2D eigenvalue weighted by Gasteiger charge is -2.37. The van der Waals surface area contributed by atoms with Crippen LogP contribution in [-0.4, -0.2) is 13.2 Å². The van der Waals surface area contributed by atoms with E-state index in [1.807, 2.05) is 0 Å².